The number of rotatable bonds is 4. The van der Waals surface area contributed by atoms with Gasteiger partial charge in [0.1, 0.15) is 4.99 Å². The predicted octanol–water partition coefficient (Wildman–Crippen LogP) is 3.82. The average Bonchev–Trinajstić information content (AvgIpc) is 3.08. The molecule has 3 N–H and O–H groups in total. The lowest BCUT2D eigenvalue weighted by atomic mass is 9.98. The molecule has 0 amide bonds. The van der Waals surface area contributed by atoms with E-state index in [1.807, 2.05) is 0 Å². The van der Waals surface area contributed by atoms with Gasteiger partial charge in [0.25, 0.3) is 0 Å². The number of benzene rings is 1. The molecule has 0 heterocycles. The van der Waals surface area contributed by atoms with Gasteiger partial charge in [-0.1, -0.05) is 12.2 Å². The third-order valence-electron chi connectivity index (χ3n) is 3.40. The van der Waals surface area contributed by atoms with Crippen molar-refractivity contribution in [2.45, 2.75) is 32.2 Å². The Morgan fingerprint density at radius 2 is 2.11 bits per heavy atom. The Balaban J connectivity index is 2.29. The van der Waals surface area contributed by atoms with E-state index >= 15 is 0 Å². The van der Waals surface area contributed by atoms with Crippen LogP contribution in [0.3, 0.4) is 0 Å². The molecule has 0 radical (unpaired) electrons. The number of halogens is 2. The van der Waals surface area contributed by atoms with Crippen molar-refractivity contribution in [2.75, 3.05) is 5.32 Å². The van der Waals surface area contributed by atoms with Crippen molar-refractivity contribution >= 4 is 38.8 Å². The van der Waals surface area contributed by atoms with Crippen LogP contribution in [0.25, 0.3) is 0 Å². The van der Waals surface area contributed by atoms with Crippen LogP contribution in [0.4, 0.5) is 10.1 Å². The van der Waals surface area contributed by atoms with Gasteiger partial charge in [0.2, 0.25) is 0 Å². The van der Waals surface area contributed by atoms with Gasteiger partial charge in [0, 0.05) is 11.1 Å². The SMILES string of the molecule is CC(C)(Nc1ccc(C(N)=S)c(Br)c1F)C1CC1. The molecule has 0 saturated heterocycles. The maximum atomic E-state index is 14.2. The van der Waals surface area contributed by atoms with Crippen LogP contribution >= 0.6 is 28.1 Å². The third kappa shape index (κ3) is 2.67. The quantitative estimate of drug-likeness (QED) is 0.824. The molecule has 0 spiro atoms. The van der Waals surface area contributed by atoms with E-state index in [0.29, 0.717) is 21.6 Å². The van der Waals surface area contributed by atoms with Gasteiger partial charge >= 0.3 is 0 Å². The van der Waals surface area contributed by atoms with E-state index in [1.165, 1.54) is 12.8 Å². The van der Waals surface area contributed by atoms with E-state index in [0.717, 1.165) is 0 Å². The Bertz CT molecular complexity index is 498. The van der Waals surface area contributed by atoms with Crippen LogP contribution in [0.15, 0.2) is 16.6 Å². The molecule has 0 bridgehead atoms. The van der Waals surface area contributed by atoms with Crippen LogP contribution in [0.5, 0.6) is 0 Å². The molecule has 1 saturated carbocycles. The first-order chi connectivity index (χ1) is 8.33. The number of anilines is 1. The van der Waals surface area contributed by atoms with Crippen molar-refractivity contribution in [1.82, 2.24) is 0 Å². The smallest absolute Gasteiger partial charge is 0.161 e. The van der Waals surface area contributed by atoms with Crippen molar-refractivity contribution in [3.63, 3.8) is 0 Å². The number of hydrogen-bond acceptors (Lipinski definition) is 2. The maximum Gasteiger partial charge on any atom is 0.161 e. The molecular formula is C13H16BrFN2S. The summed E-state index contributed by atoms with van der Waals surface area (Å²) >= 11 is 8.08. The summed E-state index contributed by atoms with van der Waals surface area (Å²) in [4.78, 5) is 0.189. The summed E-state index contributed by atoms with van der Waals surface area (Å²) in [6, 6.07) is 3.43. The summed E-state index contributed by atoms with van der Waals surface area (Å²) in [6.45, 7) is 4.19. The van der Waals surface area contributed by atoms with Gasteiger partial charge in [-0.25, -0.2) is 4.39 Å². The Morgan fingerprint density at radius 3 is 2.61 bits per heavy atom. The molecule has 1 aliphatic rings. The molecule has 1 aromatic carbocycles. The Labute approximate surface area is 120 Å². The fourth-order valence-electron chi connectivity index (χ4n) is 2.09. The van der Waals surface area contributed by atoms with E-state index in [-0.39, 0.29) is 16.3 Å². The van der Waals surface area contributed by atoms with Crippen LogP contribution in [0.1, 0.15) is 32.3 Å². The zero-order chi connectivity index (χ0) is 13.5. The van der Waals surface area contributed by atoms with Gasteiger partial charge in [-0.05, 0) is 60.7 Å². The first-order valence-corrected chi connectivity index (χ1v) is 7.09. The summed E-state index contributed by atoms with van der Waals surface area (Å²) in [7, 11) is 0. The molecule has 98 valence electrons. The Morgan fingerprint density at radius 1 is 1.50 bits per heavy atom. The van der Waals surface area contributed by atoms with E-state index in [9.17, 15) is 4.39 Å². The van der Waals surface area contributed by atoms with Crippen LogP contribution in [0.2, 0.25) is 0 Å². The largest absolute Gasteiger partial charge is 0.389 e. The number of nitrogens with two attached hydrogens (primary N) is 1. The predicted molar refractivity (Wildman–Crippen MR) is 80.4 cm³/mol. The Kier molecular flexibility index (Phi) is 3.65. The molecule has 18 heavy (non-hydrogen) atoms. The van der Waals surface area contributed by atoms with Gasteiger partial charge < -0.3 is 11.1 Å². The van der Waals surface area contributed by atoms with Crippen LogP contribution in [0, 0.1) is 11.7 Å². The molecule has 2 rings (SSSR count). The van der Waals surface area contributed by atoms with Crippen molar-refractivity contribution in [3.05, 3.63) is 28.0 Å². The molecule has 0 aliphatic heterocycles. The second-order valence-corrected chi connectivity index (χ2v) is 6.51. The lowest BCUT2D eigenvalue weighted by Gasteiger charge is -2.28. The van der Waals surface area contributed by atoms with Crippen molar-refractivity contribution in [2.24, 2.45) is 11.7 Å². The maximum absolute atomic E-state index is 14.2. The van der Waals surface area contributed by atoms with Crippen LogP contribution in [-0.2, 0) is 0 Å². The highest BCUT2D eigenvalue weighted by Gasteiger charge is 2.38. The van der Waals surface area contributed by atoms with Crippen molar-refractivity contribution in [3.8, 4) is 0 Å². The van der Waals surface area contributed by atoms with Crippen LogP contribution in [-0.4, -0.2) is 10.5 Å². The molecule has 1 aliphatic carbocycles. The van der Waals surface area contributed by atoms with Crippen molar-refractivity contribution in [1.29, 1.82) is 0 Å². The van der Waals surface area contributed by atoms with Gasteiger partial charge in [-0.2, -0.15) is 0 Å². The lowest BCUT2D eigenvalue weighted by molar-refractivity contribution is 0.488. The fourth-order valence-corrected chi connectivity index (χ4v) is 2.95. The topological polar surface area (TPSA) is 38.0 Å². The van der Waals surface area contributed by atoms with E-state index in [2.05, 4.69) is 35.1 Å². The van der Waals surface area contributed by atoms with Gasteiger partial charge in [0.15, 0.2) is 5.82 Å². The van der Waals surface area contributed by atoms with Crippen molar-refractivity contribution < 1.29 is 4.39 Å². The molecule has 0 atom stereocenters. The molecular weight excluding hydrogens is 315 g/mol. The minimum Gasteiger partial charge on any atom is -0.389 e. The van der Waals surface area contributed by atoms with E-state index in [4.69, 9.17) is 18.0 Å². The normalized spacial score (nSPS) is 15.6. The van der Waals surface area contributed by atoms with E-state index < -0.39 is 0 Å². The standard InChI is InChI=1S/C13H16BrFN2S/c1-13(2,7-3-4-7)17-9-6-5-8(12(16)18)10(14)11(9)15/h5-7,17H,3-4H2,1-2H3,(H2,16,18). The van der Waals surface area contributed by atoms with Gasteiger partial charge in [-0.15, -0.1) is 0 Å². The minimum atomic E-state index is -0.339. The summed E-state index contributed by atoms with van der Waals surface area (Å²) in [5, 5.41) is 3.27. The van der Waals surface area contributed by atoms with Gasteiger partial charge in [-0.3, -0.25) is 0 Å². The Hall–Kier alpha value is -0.680. The molecule has 0 aromatic heterocycles. The van der Waals surface area contributed by atoms with Crippen LogP contribution < -0.4 is 11.1 Å². The number of nitrogens with one attached hydrogen (secondary N) is 1. The average molecular weight is 331 g/mol. The summed E-state index contributed by atoms with van der Waals surface area (Å²) in [6.07, 6.45) is 2.40. The molecule has 1 aromatic rings. The second-order valence-electron chi connectivity index (χ2n) is 5.27. The lowest BCUT2D eigenvalue weighted by Crippen LogP contribution is -2.33. The fraction of sp³-hybridized carbons (Fsp3) is 0.462. The number of thiocarbonyl (C=S) groups is 1. The highest BCUT2D eigenvalue weighted by atomic mass is 79.9. The highest BCUT2D eigenvalue weighted by Crippen LogP contribution is 2.42. The zero-order valence-corrected chi connectivity index (χ0v) is 12.8. The molecule has 5 heteroatoms. The zero-order valence-electron chi connectivity index (χ0n) is 10.4. The number of hydrogen-bond donors (Lipinski definition) is 2. The monoisotopic (exact) mass is 330 g/mol. The molecule has 1 fully saturated rings. The molecule has 2 nitrogen and oxygen atoms in total. The summed E-state index contributed by atoms with van der Waals surface area (Å²) < 4.78 is 14.5. The summed E-state index contributed by atoms with van der Waals surface area (Å²) in [5.41, 5.74) is 6.45. The summed E-state index contributed by atoms with van der Waals surface area (Å²) in [5.74, 6) is 0.278. The molecule has 0 unspecified atom stereocenters. The minimum absolute atomic E-state index is 0.0922. The van der Waals surface area contributed by atoms with Gasteiger partial charge in [0.05, 0.1) is 10.2 Å². The van der Waals surface area contributed by atoms with E-state index in [1.54, 1.807) is 12.1 Å². The first-order valence-electron chi connectivity index (χ1n) is 5.89. The highest BCUT2D eigenvalue weighted by molar-refractivity contribution is 9.10. The second kappa shape index (κ2) is 4.78. The first kappa shape index (κ1) is 13.7. The third-order valence-corrected chi connectivity index (χ3v) is 4.40.